The standard InChI is InChI=1S/C21H24F6N2O4S2/c1-13(2)18(30)15-12-14(19(31,20(22,23)24)21(25,26)27)5-6-16(15)28-7-9-29(10-8-28)35(32,33)17-4-3-11-34-17/h3-6,11-13,18,30-31H,7-10H2,1-2H3/t18-/m0/s1. The van der Waals surface area contributed by atoms with E-state index in [9.17, 15) is 45.0 Å². The zero-order valence-electron chi connectivity index (χ0n) is 18.6. The molecule has 1 aliphatic heterocycles. The molecule has 6 nitrogen and oxygen atoms in total. The lowest BCUT2D eigenvalue weighted by Crippen LogP contribution is -2.54. The van der Waals surface area contributed by atoms with Crippen LogP contribution in [0.25, 0.3) is 0 Å². The third kappa shape index (κ3) is 5.03. The lowest BCUT2D eigenvalue weighted by Gasteiger charge is -2.38. The number of aliphatic hydroxyl groups is 2. The number of aliphatic hydroxyl groups excluding tert-OH is 1. The van der Waals surface area contributed by atoms with Crippen molar-refractivity contribution in [1.82, 2.24) is 4.31 Å². The molecule has 2 N–H and O–H groups in total. The highest BCUT2D eigenvalue weighted by Gasteiger charge is 2.71. The molecule has 1 aliphatic rings. The number of piperazine rings is 1. The minimum Gasteiger partial charge on any atom is -0.388 e. The number of halogens is 6. The van der Waals surface area contributed by atoms with E-state index in [1.54, 1.807) is 16.3 Å². The number of thiophene rings is 1. The van der Waals surface area contributed by atoms with Crippen molar-refractivity contribution >= 4 is 27.0 Å². The molecule has 0 unspecified atom stereocenters. The zero-order valence-corrected chi connectivity index (χ0v) is 20.3. The molecule has 2 heterocycles. The van der Waals surface area contributed by atoms with Crippen LogP contribution in [0.1, 0.15) is 31.1 Å². The van der Waals surface area contributed by atoms with Crippen LogP contribution in [0.15, 0.2) is 39.9 Å². The molecule has 14 heteroatoms. The van der Waals surface area contributed by atoms with Crippen molar-refractivity contribution in [2.24, 2.45) is 5.92 Å². The number of benzene rings is 1. The molecule has 1 atom stereocenters. The van der Waals surface area contributed by atoms with Crippen LogP contribution in [0, 0.1) is 5.92 Å². The third-order valence-corrected chi connectivity index (χ3v) is 9.16. The SMILES string of the molecule is CC(C)[C@H](O)c1cc(C(O)(C(F)(F)F)C(F)(F)F)ccc1N1CCN(S(=O)(=O)c2cccs2)CC1. The predicted octanol–water partition coefficient (Wildman–Crippen LogP) is 4.26. The maximum atomic E-state index is 13.4. The summed E-state index contributed by atoms with van der Waals surface area (Å²) in [4.78, 5) is 1.59. The van der Waals surface area contributed by atoms with E-state index in [0.29, 0.717) is 12.1 Å². The Morgan fingerprint density at radius 1 is 0.971 bits per heavy atom. The van der Waals surface area contributed by atoms with Gasteiger partial charge in [-0.15, -0.1) is 11.3 Å². The molecule has 0 aliphatic carbocycles. The Kier molecular flexibility index (Phi) is 7.55. The van der Waals surface area contributed by atoms with Gasteiger partial charge in [0.2, 0.25) is 0 Å². The summed E-state index contributed by atoms with van der Waals surface area (Å²) < 4.78 is 107. The van der Waals surface area contributed by atoms with Crippen LogP contribution in [-0.4, -0.2) is 61.5 Å². The maximum absolute atomic E-state index is 13.4. The van der Waals surface area contributed by atoms with Crippen LogP contribution in [0.4, 0.5) is 32.0 Å². The topological polar surface area (TPSA) is 81.1 Å². The van der Waals surface area contributed by atoms with E-state index in [4.69, 9.17) is 0 Å². The molecule has 2 aromatic rings. The van der Waals surface area contributed by atoms with E-state index in [2.05, 4.69) is 0 Å². The third-order valence-electron chi connectivity index (χ3n) is 5.88. The number of sulfonamides is 1. The van der Waals surface area contributed by atoms with Gasteiger partial charge in [-0.3, -0.25) is 0 Å². The first-order valence-electron chi connectivity index (χ1n) is 10.5. The first kappa shape index (κ1) is 27.7. The largest absolute Gasteiger partial charge is 0.430 e. The van der Waals surface area contributed by atoms with Gasteiger partial charge in [0.15, 0.2) is 0 Å². The second kappa shape index (κ2) is 9.54. The fraction of sp³-hybridized carbons (Fsp3) is 0.524. The summed E-state index contributed by atoms with van der Waals surface area (Å²) in [6.45, 7) is 3.29. The number of rotatable bonds is 6. The smallest absolute Gasteiger partial charge is 0.388 e. The second-order valence-corrected chi connectivity index (χ2v) is 11.6. The summed E-state index contributed by atoms with van der Waals surface area (Å²) in [5, 5.41) is 22.1. The Morgan fingerprint density at radius 2 is 1.54 bits per heavy atom. The average molecular weight is 547 g/mol. The molecule has 196 valence electrons. The van der Waals surface area contributed by atoms with Gasteiger partial charge in [-0.1, -0.05) is 26.0 Å². The fourth-order valence-corrected chi connectivity index (χ4v) is 6.43. The minimum atomic E-state index is -6.06. The predicted molar refractivity (Wildman–Crippen MR) is 118 cm³/mol. The monoisotopic (exact) mass is 546 g/mol. The lowest BCUT2D eigenvalue weighted by atomic mass is 9.87. The van der Waals surface area contributed by atoms with E-state index in [0.717, 1.165) is 17.4 Å². The highest BCUT2D eigenvalue weighted by Crippen LogP contribution is 2.51. The van der Waals surface area contributed by atoms with Crippen molar-refractivity contribution in [3.8, 4) is 0 Å². The quantitative estimate of drug-likeness (QED) is 0.530. The first-order valence-corrected chi connectivity index (χ1v) is 12.8. The number of alkyl halides is 6. The molecule has 0 saturated carbocycles. The molecule has 1 aromatic carbocycles. The lowest BCUT2D eigenvalue weighted by molar-refractivity contribution is -0.376. The number of hydrogen-bond acceptors (Lipinski definition) is 6. The minimum absolute atomic E-state index is 0.0221. The van der Waals surface area contributed by atoms with E-state index in [-0.39, 0.29) is 41.6 Å². The van der Waals surface area contributed by atoms with Gasteiger partial charge >= 0.3 is 12.4 Å². The highest BCUT2D eigenvalue weighted by atomic mass is 32.2. The molecular formula is C21H24F6N2O4S2. The van der Waals surface area contributed by atoms with Crippen molar-refractivity contribution in [3.63, 3.8) is 0 Å². The Hall–Kier alpha value is -1.87. The summed E-state index contributed by atoms with van der Waals surface area (Å²) in [6, 6.07) is 5.10. The van der Waals surface area contributed by atoms with E-state index in [1.807, 2.05) is 0 Å². The Morgan fingerprint density at radius 3 is 2.00 bits per heavy atom. The van der Waals surface area contributed by atoms with Gasteiger partial charge in [0.25, 0.3) is 15.6 Å². The summed E-state index contributed by atoms with van der Waals surface area (Å²) in [6.07, 6.45) is -13.6. The van der Waals surface area contributed by atoms with Gasteiger partial charge in [0, 0.05) is 43.0 Å². The molecule has 35 heavy (non-hydrogen) atoms. The average Bonchev–Trinajstić information content (AvgIpc) is 3.32. The normalized spacial score (nSPS) is 17.7. The highest BCUT2D eigenvalue weighted by molar-refractivity contribution is 7.91. The summed E-state index contributed by atoms with van der Waals surface area (Å²) in [7, 11) is -3.73. The molecule has 0 spiro atoms. The van der Waals surface area contributed by atoms with Gasteiger partial charge < -0.3 is 15.1 Å². The molecule has 3 rings (SSSR count). The Balaban J connectivity index is 1.98. The van der Waals surface area contributed by atoms with Crippen molar-refractivity contribution in [2.75, 3.05) is 31.1 Å². The Bertz CT molecular complexity index is 1110. The molecular weight excluding hydrogens is 522 g/mol. The number of anilines is 1. The van der Waals surface area contributed by atoms with Gasteiger partial charge in [-0.25, -0.2) is 8.42 Å². The molecule has 1 fully saturated rings. The van der Waals surface area contributed by atoms with Crippen molar-refractivity contribution in [1.29, 1.82) is 0 Å². The van der Waals surface area contributed by atoms with Crippen LogP contribution in [0.5, 0.6) is 0 Å². The first-order chi connectivity index (χ1) is 16.0. The van der Waals surface area contributed by atoms with Crippen molar-refractivity contribution < 1.29 is 45.0 Å². The van der Waals surface area contributed by atoms with E-state index < -0.39 is 45.6 Å². The van der Waals surface area contributed by atoms with E-state index >= 15 is 0 Å². The second-order valence-electron chi connectivity index (χ2n) is 8.49. The molecule has 1 aromatic heterocycles. The Labute approximate surface area is 202 Å². The summed E-state index contributed by atoms with van der Waals surface area (Å²) in [5.41, 5.74) is -6.65. The number of nitrogens with zero attached hydrogens (tertiary/aromatic N) is 2. The fourth-order valence-electron chi connectivity index (χ4n) is 3.86. The zero-order chi connectivity index (χ0) is 26.4. The molecule has 0 radical (unpaired) electrons. The molecule has 0 bridgehead atoms. The van der Waals surface area contributed by atoms with Crippen molar-refractivity contribution in [3.05, 3.63) is 46.8 Å². The maximum Gasteiger partial charge on any atom is 0.430 e. The summed E-state index contributed by atoms with van der Waals surface area (Å²) in [5.74, 6) is -0.575. The molecule has 1 saturated heterocycles. The number of hydrogen-bond donors (Lipinski definition) is 2. The van der Waals surface area contributed by atoms with Gasteiger partial charge in [0.05, 0.1) is 6.10 Å². The van der Waals surface area contributed by atoms with Gasteiger partial charge in [-0.2, -0.15) is 30.6 Å². The van der Waals surface area contributed by atoms with Gasteiger partial charge in [-0.05, 0) is 29.5 Å². The van der Waals surface area contributed by atoms with Crippen molar-refractivity contribution in [2.45, 2.75) is 42.1 Å². The van der Waals surface area contributed by atoms with Crippen LogP contribution < -0.4 is 4.90 Å². The van der Waals surface area contributed by atoms with Crippen LogP contribution in [0.2, 0.25) is 0 Å². The van der Waals surface area contributed by atoms with Crippen LogP contribution >= 0.6 is 11.3 Å². The molecule has 0 amide bonds. The van der Waals surface area contributed by atoms with Crippen LogP contribution in [-0.2, 0) is 15.6 Å². The van der Waals surface area contributed by atoms with E-state index in [1.165, 1.54) is 24.2 Å². The van der Waals surface area contributed by atoms with Crippen LogP contribution in [0.3, 0.4) is 0 Å². The van der Waals surface area contributed by atoms with Gasteiger partial charge in [0.1, 0.15) is 4.21 Å². The summed E-state index contributed by atoms with van der Waals surface area (Å²) >= 11 is 1.05.